The van der Waals surface area contributed by atoms with E-state index < -0.39 is 5.60 Å². The highest BCUT2D eigenvalue weighted by molar-refractivity contribution is 9.10. The molecule has 1 nitrogen and oxygen atoms in total. The fraction of sp³-hybridized carbons (Fsp3) is 0.500. The van der Waals surface area contributed by atoms with Crippen molar-refractivity contribution >= 4 is 27.5 Å². The lowest BCUT2D eigenvalue weighted by atomic mass is 9.80. The van der Waals surface area contributed by atoms with Crippen LogP contribution in [0.3, 0.4) is 0 Å². The quantitative estimate of drug-likeness (QED) is 0.819. The van der Waals surface area contributed by atoms with Gasteiger partial charge in [0.2, 0.25) is 0 Å². The molecular formula is C12H14BrClO. The summed E-state index contributed by atoms with van der Waals surface area (Å²) in [6.07, 6.45) is 5.14. The molecule has 0 amide bonds. The molecule has 0 aromatic heterocycles. The Bertz CT molecular complexity index is 359. The fourth-order valence-electron chi connectivity index (χ4n) is 2.27. The summed E-state index contributed by atoms with van der Waals surface area (Å²) in [5, 5.41) is 11.2. The van der Waals surface area contributed by atoms with Gasteiger partial charge in [0, 0.05) is 9.50 Å². The van der Waals surface area contributed by atoms with Crippen LogP contribution in [-0.4, -0.2) is 5.11 Å². The van der Waals surface area contributed by atoms with Gasteiger partial charge in [-0.2, -0.15) is 0 Å². The van der Waals surface area contributed by atoms with Crippen LogP contribution in [0.2, 0.25) is 5.02 Å². The molecule has 15 heavy (non-hydrogen) atoms. The third-order valence-corrected chi connectivity index (χ3v) is 4.00. The van der Waals surface area contributed by atoms with Crippen LogP contribution in [0.25, 0.3) is 0 Å². The maximum Gasteiger partial charge on any atom is 0.0907 e. The van der Waals surface area contributed by atoms with Crippen LogP contribution < -0.4 is 0 Å². The molecule has 0 aliphatic heterocycles. The Balaban J connectivity index is 2.35. The maximum absolute atomic E-state index is 10.5. The minimum Gasteiger partial charge on any atom is -0.385 e. The Hall–Kier alpha value is -0.0500. The summed E-state index contributed by atoms with van der Waals surface area (Å²) in [4.78, 5) is 0. The molecule has 1 aromatic rings. The SMILES string of the molecule is OC1(c2ccc(Cl)cc2Br)CCCCC1. The average Bonchev–Trinajstić information content (AvgIpc) is 2.18. The Labute approximate surface area is 104 Å². The lowest BCUT2D eigenvalue weighted by Crippen LogP contribution is -2.28. The lowest BCUT2D eigenvalue weighted by Gasteiger charge is -2.33. The molecule has 0 atom stereocenters. The van der Waals surface area contributed by atoms with Crippen molar-refractivity contribution in [1.29, 1.82) is 0 Å². The zero-order valence-electron chi connectivity index (χ0n) is 8.47. The standard InChI is InChI=1S/C12H14BrClO/c13-11-8-9(14)4-5-10(11)12(15)6-2-1-3-7-12/h4-5,8,15H,1-3,6-7H2. The number of hydrogen-bond donors (Lipinski definition) is 1. The minimum absolute atomic E-state index is 0.651. The van der Waals surface area contributed by atoms with Crippen LogP contribution in [0.4, 0.5) is 0 Å². The van der Waals surface area contributed by atoms with E-state index in [0.29, 0.717) is 5.02 Å². The van der Waals surface area contributed by atoms with Crippen LogP contribution >= 0.6 is 27.5 Å². The van der Waals surface area contributed by atoms with Gasteiger partial charge in [0.25, 0.3) is 0 Å². The molecule has 82 valence electrons. The van der Waals surface area contributed by atoms with Crippen molar-refractivity contribution in [3.8, 4) is 0 Å². The van der Waals surface area contributed by atoms with Gasteiger partial charge in [-0.3, -0.25) is 0 Å². The van der Waals surface area contributed by atoms with Gasteiger partial charge in [-0.25, -0.2) is 0 Å². The lowest BCUT2D eigenvalue weighted by molar-refractivity contribution is -0.00128. The van der Waals surface area contributed by atoms with Crippen LogP contribution in [0.5, 0.6) is 0 Å². The zero-order valence-corrected chi connectivity index (χ0v) is 10.8. The van der Waals surface area contributed by atoms with Gasteiger partial charge in [0.05, 0.1) is 5.60 Å². The van der Waals surface area contributed by atoms with Crippen molar-refractivity contribution in [2.45, 2.75) is 37.7 Å². The third-order valence-electron chi connectivity index (χ3n) is 3.11. The first kappa shape index (κ1) is 11.4. The highest BCUT2D eigenvalue weighted by atomic mass is 79.9. The third kappa shape index (κ3) is 2.38. The van der Waals surface area contributed by atoms with Gasteiger partial charge in [0.1, 0.15) is 0 Å². The van der Waals surface area contributed by atoms with Gasteiger partial charge in [-0.15, -0.1) is 0 Å². The van der Waals surface area contributed by atoms with Gasteiger partial charge in [-0.1, -0.05) is 52.9 Å². The van der Waals surface area contributed by atoms with Crippen LogP contribution in [0.15, 0.2) is 22.7 Å². The summed E-state index contributed by atoms with van der Waals surface area (Å²) >= 11 is 9.36. The topological polar surface area (TPSA) is 20.2 Å². The molecule has 1 aliphatic carbocycles. The Morgan fingerprint density at radius 3 is 2.47 bits per heavy atom. The summed E-state index contributed by atoms with van der Waals surface area (Å²) in [5.74, 6) is 0. The average molecular weight is 290 g/mol. The summed E-state index contributed by atoms with van der Waals surface area (Å²) in [6.45, 7) is 0. The van der Waals surface area contributed by atoms with Gasteiger partial charge in [0.15, 0.2) is 0 Å². The zero-order chi connectivity index (χ0) is 10.9. The van der Waals surface area contributed by atoms with E-state index in [4.69, 9.17) is 11.6 Å². The molecule has 1 aliphatic rings. The predicted octanol–water partition coefficient (Wildman–Crippen LogP) is 4.25. The van der Waals surface area contributed by atoms with Gasteiger partial charge in [-0.05, 0) is 30.5 Å². The van der Waals surface area contributed by atoms with Crippen molar-refractivity contribution in [3.63, 3.8) is 0 Å². The molecule has 1 aromatic carbocycles. The van der Waals surface area contributed by atoms with Crippen molar-refractivity contribution in [2.75, 3.05) is 0 Å². The largest absolute Gasteiger partial charge is 0.385 e. The molecule has 0 heterocycles. The summed E-state index contributed by atoms with van der Waals surface area (Å²) < 4.78 is 0.916. The first-order valence-corrected chi connectivity index (χ1v) is 6.47. The second-order valence-electron chi connectivity index (χ2n) is 4.22. The summed E-state index contributed by atoms with van der Waals surface area (Å²) in [6, 6.07) is 5.62. The van der Waals surface area contributed by atoms with Crippen molar-refractivity contribution < 1.29 is 5.11 Å². The molecule has 1 saturated carbocycles. The second-order valence-corrected chi connectivity index (χ2v) is 5.51. The highest BCUT2D eigenvalue weighted by Gasteiger charge is 2.32. The summed E-state index contributed by atoms with van der Waals surface area (Å²) in [5.41, 5.74) is 0.327. The first-order valence-electron chi connectivity index (χ1n) is 5.30. The van der Waals surface area contributed by atoms with Crippen LogP contribution in [0, 0.1) is 0 Å². The Kier molecular flexibility index (Phi) is 3.39. The van der Waals surface area contributed by atoms with E-state index >= 15 is 0 Å². The molecule has 0 saturated heterocycles. The van der Waals surface area contributed by atoms with E-state index in [-0.39, 0.29) is 0 Å². The molecule has 0 unspecified atom stereocenters. The fourth-order valence-corrected chi connectivity index (χ4v) is 3.32. The number of rotatable bonds is 1. The van der Waals surface area contributed by atoms with Gasteiger partial charge >= 0.3 is 0 Å². The smallest absolute Gasteiger partial charge is 0.0907 e. The monoisotopic (exact) mass is 288 g/mol. The minimum atomic E-state index is -0.651. The second kappa shape index (κ2) is 4.44. The number of halogens is 2. The number of benzene rings is 1. The Morgan fingerprint density at radius 1 is 1.20 bits per heavy atom. The molecule has 0 bridgehead atoms. The molecule has 0 spiro atoms. The van der Waals surface area contributed by atoms with Crippen molar-refractivity contribution in [2.24, 2.45) is 0 Å². The van der Waals surface area contributed by atoms with E-state index in [1.807, 2.05) is 18.2 Å². The molecule has 1 fully saturated rings. The highest BCUT2D eigenvalue weighted by Crippen LogP contribution is 2.40. The maximum atomic E-state index is 10.5. The first-order chi connectivity index (χ1) is 7.12. The molecular weight excluding hydrogens is 275 g/mol. The van der Waals surface area contributed by atoms with Crippen LogP contribution in [-0.2, 0) is 5.60 Å². The molecule has 0 radical (unpaired) electrons. The number of aliphatic hydroxyl groups is 1. The number of hydrogen-bond acceptors (Lipinski definition) is 1. The van der Waals surface area contributed by atoms with E-state index in [9.17, 15) is 5.11 Å². The molecule has 3 heteroatoms. The summed E-state index contributed by atoms with van der Waals surface area (Å²) in [7, 11) is 0. The van der Waals surface area contributed by atoms with E-state index in [0.717, 1.165) is 35.7 Å². The Morgan fingerprint density at radius 2 is 1.87 bits per heavy atom. The molecule has 2 rings (SSSR count). The van der Waals surface area contributed by atoms with Gasteiger partial charge < -0.3 is 5.11 Å². The van der Waals surface area contributed by atoms with Crippen LogP contribution in [0.1, 0.15) is 37.7 Å². The van der Waals surface area contributed by atoms with Crippen molar-refractivity contribution in [3.05, 3.63) is 33.3 Å². The van der Waals surface area contributed by atoms with E-state index in [1.165, 1.54) is 6.42 Å². The van der Waals surface area contributed by atoms with E-state index in [1.54, 1.807) is 0 Å². The normalized spacial score (nSPS) is 20.2. The van der Waals surface area contributed by atoms with Crippen molar-refractivity contribution in [1.82, 2.24) is 0 Å². The predicted molar refractivity (Wildman–Crippen MR) is 66.1 cm³/mol. The van der Waals surface area contributed by atoms with E-state index in [2.05, 4.69) is 15.9 Å². The molecule has 1 N–H and O–H groups in total.